The summed E-state index contributed by atoms with van der Waals surface area (Å²) >= 11 is 3.35. The van der Waals surface area contributed by atoms with Gasteiger partial charge in [0, 0.05) is 23.7 Å². The molecule has 4 heteroatoms. The van der Waals surface area contributed by atoms with Crippen molar-refractivity contribution >= 4 is 21.6 Å². The van der Waals surface area contributed by atoms with E-state index >= 15 is 0 Å². The highest BCUT2D eigenvalue weighted by atomic mass is 79.9. The Morgan fingerprint density at radius 3 is 3.06 bits per heavy atom. The largest absolute Gasteiger partial charge is 0.381 e. The van der Waals surface area contributed by atoms with Gasteiger partial charge in [0.15, 0.2) is 0 Å². The van der Waals surface area contributed by atoms with Crippen molar-refractivity contribution in [3.8, 4) is 0 Å². The van der Waals surface area contributed by atoms with Crippen molar-refractivity contribution in [1.82, 2.24) is 0 Å². The van der Waals surface area contributed by atoms with E-state index in [1.165, 1.54) is 6.07 Å². The number of halogens is 2. The molecule has 1 unspecified atom stereocenters. The first-order chi connectivity index (χ1) is 7.75. The molecule has 16 heavy (non-hydrogen) atoms. The zero-order valence-corrected chi connectivity index (χ0v) is 10.6. The lowest BCUT2D eigenvalue weighted by Gasteiger charge is -2.17. The average molecular weight is 288 g/mol. The molecule has 1 aliphatic rings. The SMILES string of the molecule is Fc1ccc(Br)cc1NC1CCCOCC1. The number of nitrogens with one attached hydrogen (secondary N) is 1. The predicted octanol–water partition coefficient (Wildman–Crippen LogP) is 3.57. The van der Waals surface area contributed by atoms with Crippen molar-refractivity contribution in [3.63, 3.8) is 0 Å². The standard InChI is InChI=1S/C12H15BrFNO/c13-9-3-4-11(14)12(8-9)15-10-2-1-6-16-7-5-10/h3-4,8,10,15H,1-2,5-7H2. The van der Waals surface area contributed by atoms with Gasteiger partial charge in [-0.05, 0) is 37.5 Å². The number of hydrogen-bond acceptors (Lipinski definition) is 2. The molecule has 1 heterocycles. The van der Waals surface area contributed by atoms with E-state index in [9.17, 15) is 4.39 Å². The molecule has 2 nitrogen and oxygen atoms in total. The molecule has 0 bridgehead atoms. The molecule has 0 spiro atoms. The summed E-state index contributed by atoms with van der Waals surface area (Å²) in [6.07, 6.45) is 3.01. The Balaban J connectivity index is 2.04. The lowest BCUT2D eigenvalue weighted by atomic mass is 10.1. The van der Waals surface area contributed by atoms with Crippen molar-refractivity contribution in [1.29, 1.82) is 0 Å². The van der Waals surface area contributed by atoms with Gasteiger partial charge in [0.05, 0.1) is 5.69 Å². The number of benzene rings is 1. The molecule has 0 aliphatic carbocycles. The zero-order valence-electron chi connectivity index (χ0n) is 9.01. The molecular formula is C12H15BrFNO. The molecule has 0 radical (unpaired) electrons. The van der Waals surface area contributed by atoms with Crippen LogP contribution in [-0.2, 0) is 4.74 Å². The van der Waals surface area contributed by atoms with Crippen LogP contribution in [0.3, 0.4) is 0 Å². The summed E-state index contributed by atoms with van der Waals surface area (Å²) in [5, 5.41) is 3.24. The molecule has 2 rings (SSSR count). The quantitative estimate of drug-likeness (QED) is 0.898. The Kier molecular flexibility index (Phi) is 4.18. The van der Waals surface area contributed by atoms with Crippen LogP contribution in [0.4, 0.5) is 10.1 Å². The fraction of sp³-hybridized carbons (Fsp3) is 0.500. The fourth-order valence-corrected chi connectivity index (χ4v) is 2.24. The van der Waals surface area contributed by atoms with E-state index in [2.05, 4.69) is 21.2 Å². The van der Waals surface area contributed by atoms with Crippen molar-refractivity contribution in [2.24, 2.45) is 0 Å². The molecule has 1 N–H and O–H groups in total. The summed E-state index contributed by atoms with van der Waals surface area (Å²) in [6.45, 7) is 1.58. The van der Waals surface area contributed by atoms with E-state index < -0.39 is 0 Å². The van der Waals surface area contributed by atoms with Gasteiger partial charge < -0.3 is 10.1 Å². The van der Waals surface area contributed by atoms with Crippen molar-refractivity contribution in [2.75, 3.05) is 18.5 Å². The summed E-state index contributed by atoms with van der Waals surface area (Å²) in [5.41, 5.74) is 0.571. The molecular weight excluding hydrogens is 273 g/mol. The number of ether oxygens (including phenoxy) is 1. The predicted molar refractivity (Wildman–Crippen MR) is 66.2 cm³/mol. The Morgan fingerprint density at radius 2 is 2.19 bits per heavy atom. The second kappa shape index (κ2) is 5.64. The van der Waals surface area contributed by atoms with Crippen LogP contribution in [0.25, 0.3) is 0 Å². The van der Waals surface area contributed by atoms with Gasteiger partial charge in [-0.2, -0.15) is 0 Å². The van der Waals surface area contributed by atoms with Crippen molar-refractivity contribution in [3.05, 3.63) is 28.5 Å². The van der Waals surface area contributed by atoms with E-state index in [0.717, 1.165) is 36.9 Å². The first-order valence-electron chi connectivity index (χ1n) is 5.55. The summed E-state index contributed by atoms with van der Waals surface area (Å²) in [7, 11) is 0. The van der Waals surface area contributed by atoms with E-state index in [-0.39, 0.29) is 5.82 Å². The smallest absolute Gasteiger partial charge is 0.146 e. The minimum atomic E-state index is -0.201. The first kappa shape index (κ1) is 11.9. The Morgan fingerprint density at radius 1 is 1.31 bits per heavy atom. The lowest BCUT2D eigenvalue weighted by molar-refractivity contribution is 0.144. The highest BCUT2D eigenvalue weighted by Crippen LogP contribution is 2.22. The summed E-state index contributed by atoms with van der Waals surface area (Å²) in [5.74, 6) is -0.201. The third-order valence-electron chi connectivity index (χ3n) is 2.74. The minimum Gasteiger partial charge on any atom is -0.381 e. The van der Waals surface area contributed by atoms with Gasteiger partial charge in [-0.25, -0.2) is 4.39 Å². The molecule has 0 aromatic heterocycles. The maximum absolute atomic E-state index is 13.5. The van der Waals surface area contributed by atoms with E-state index in [0.29, 0.717) is 11.7 Å². The van der Waals surface area contributed by atoms with Crippen molar-refractivity contribution < 1.29 is 9.13 Å². The number of anilines is 1. The maximum Gasteiger partial charge on any atom is 0.146 e. The average Bonchev–Trinajstić information content (AvgIpc) is 2.52. The molecule has 1 saturated heterocycles. The van der Waals surface area contributed by atoms with Crippen LogP contribution in [0.15, 0.2) is 22.7 Å². The summed E-state index contributed by atoms with van der Waals surface area (Å²) in [6, 6.07) is 5.27. The molecule has 1 aliphatic heterocycles. The van der Waals surface area contributed by atoms with Gasteiger partial charge in [0.2, 0.25) is 0 Å². The normalized spacial score (nSPS) is 21.5. The molecule has 1 aromatic rings. The number of hydrogen-bond donors (Lipinski definition) is 1. The van der Waals surface area contributed by atoms with Gasteiger partial charge in [-0.3, -0.25) is 0 Å². The Bertz CT molecular complexity index is 351. The highest BCUT2D eigenvalue weighted by molar-refractivity contribution is 9.10. The third kappa shape index (κ3) is 3.19. The van der Waals surface area contributed by atoms with Crippen LogP contribution in [-0.4, -0.2) is 19.3 Å². The van der Waals surface area contributed by atoms with Crippen LogP contribution in [0, 0.1) is 5.82 Å². The van der Waals surface area contributed by atoms with Gasteiger partial charge in [0.25, 0.3) is 0 Å². The van der Waals surface area contributed by atoms with Gasteiger partial charge in [-0.1, -0.05) is 15.9 Å². The molecule has 88 valence electrons. The summed E-state index contributed by atoms with van der Waals surface area (Å²) in [4.78, 5) is 0. The van der Waals surface area contributed by atoms with Crippen LogP contribution in [0.2, 0.25) is 0 Å². The Labute approximate surface area is 103 Å². The van der Waals surface area contributed by atoms with E-state index in [1.54, 1.807) is 12.1 Å². The van der Waals surface area contributed by atoms with Crippen molar-refractivity contribution in [2.45, 2.75) is 25.3 Å². The molecule has 1 fully saturated rings. The maximum atomic E-state index is 13.5. The van der Waals surface area contributed by atoms with Crippen LogP contribution >= 0.6 is 15.9 Å². The van der Waals surface area contributed by atoms with Crippen LogP contribution in [0.5, 0.6) is 0 Å². The first-order valence-corrected chi connectivity index (χ1v) is 6.34. The highest BCUT2D eigenvalue weighted by Gasteiger charge is 2.13. The lowest BCUT2D eigenvalue weighted by Crippen LogP contribution is -2.20. The van der Waals surface area contributed by atoms with E-state index in [4.69, 9.17) is 4.74 Å². The van der Waals surface area contributed by atoms with Gasteiger partial charge in [-0.15, -0.1) is 0 Å². The Hall–Kier alpha value is -0.610. The van der Waals surface area contributed by atoms with Crippen LogP contribution in [0.1, 0.15) is 19.3 Å². The topological polar surface area (TPSA) is 21.3 Å². The van der Waals surface area contributed by atoms with Gasteiger partial charge in [0.1, 0.15) is 5.82 Å². The molecule has 0 amide bonds. The molecule has 0 saturated carbocycles. The van der Waals surface area contributed by atoms with E-state index in [1.807, 2.05) is 0 Å². The van der Waals surface area contributed by atoms with Crippen LogP contribution < -0.4 is 5.32 Å². The monoisotopic (exact) mass is 287 g/mol. The minimum absolute atomic E-state index is 0.201. The second-order valence-corrected chi connectivity index (χ2v) is 4.92. The zero-order chi connectivity index (χ0) is 11.4. The van der Waals surface area contributed by atoms with Gasteiger partial charge >= 0.3 is 0 Å². The second-order valence-electron chi connectivity index (χ2n) is 4.01. The summed E-state index contributed by atoms with van der Waals surface area (Å²) < 4.78 is 19.8. The molecule has 1 atom stereocenters. The fourth-order valence-electron chi connectivity index (χ4n) is 1.88. The number of rotatable bonds is 2. The molecule has 1 aromatic carbocycles. The third-order valence-corrected chi connectivity index (χ3v) is 3.23.